The summed E-state index contributed by atoms with van der Waals surface area (Å²) < 4.78 is 20.7. The summed E-state index contributed by atoms with van der Waals surface area (Å²) in [5.74, 6) is -0.923. The standard InChI is InChI=1S/C14H18O4.C4H7ClO2/c1-4-16-13(15)11-8-6-5-7-10(11)12-9-17-14(2,3)18-12;1-2-3-7-4(5)6/h5-8,12H,4,9H2,1-3H3;2-3H2,1H3. The van der Waals surface area contributed by atoms with E-state index in [-0.39, 0.29) is 12.1 Å². The molecule has 0 radical (unpaired) electrons. The Morgan fingerprint density at radius 2 is 1.92 bits per heavy atom. The highest BCUT2D eigenvalue weighted by atomic mass is 35.5. The molecule has 0 amide bonds. The molecule has 1 aliphatic heterocycles. The zero-order valence-corrected chi connectivity index (χ0v) is 15.8. The van der Waals surface area contributed by atoms with Crippen LogP contribution in [0, 0.1) is 0 Å². The van der Waals surface area contributed by atoms with Crippen molar-refractivity contribution in [1.82, 2.24) is 0 Å². The molecule has 0 bridgehead atoms. The average Bonchev–Trinajstić information content (AvgIpc) is 2.93. The quantitative estimate of drug-likeness (QED) is 0.561. The fourth-order valence-corrected chi connectivity index (χ4v) is 2.27. The third-order valence-electron chi connectivity index (χ3n) is 3.23. The van der Waals surface area contributed by atoms with Gasteiger partial charge in [0.25, 0.3) is 0 Å². The van der Waals surface area contributed by atoms with E-state index in [1.807, 2.05) is 39.0 Å². The number of hydrogen-bond donors (Lipinski definition) is 0. The molecule has 1 aromatic carbocycles. The number of hydrogen-bond acceptors (Lipinski definition) is 6. The van der Waals surface area contributed by atoms with Gasteiger partial charge in [0.05, 0.1) is 25.4 Å². The van der Waals surface area contributed by atoms with E-state index in [0.717, 1.165) is 12.0 Å². The summed E-state index contributed by atoms with van der Waals surface area (Å²) in [6.45, 7) is 8.64. The third kappa shape index (κ3) is 7.42. The van der Waals surface area contributed by atoms with Crippen molar-refractivity contribution in [2.45, 2.75) is 46.0 Å². The second-order valence-electron chi connectivity index (χ2n) is 5.71. The van der Waals surface area contributed by atoms with E-state index in [1.54, 1.807) is 13.0 Å². The molecule has 25 heavy (non-hydrogen) atoms. The van der Waals surface area contributed by atoms with Gasteiger partial charge in [-0.3, -0.25) is 0 Å². The van der Waals surface area contributed by atoms with E-state index in [4.69, 9.17) is 25.8 Å². The number of halogens is 1. The molecule has 0 saturated carbocycles. The molecular formula is C18H25ClO6. The zero-order chi connectivity index (χ0) is 18.9. The SMILES string of the molecule is CCCOC(=O)Cl.CCOC(=O)c1ccccc1C1COC(C)(C)O1. The Labute approximate surface area is 153 Å². The Kier molecular flexibility index (Phi) is 8.89. The molecule has 1 saturated heterocycles. The van der Waals surface area contributed by atoms with Crippen LogP contribution < -0.4 is 0 Å². The molecule has 2 rings (SSSR count). The molecule has 1 aliphatic rings. The van der Waals surface area contributed by atoms with Crippen molar-refractivity contribution >= 4 is 23.0 Å². The lowest BCUT2D eigenvalue weighted by molar-refractivity contribution is -0.139. The maximum atomic E-state index is 11.9. The van der Waals surface area contributed by atoms with Crippen LogP contribution in [0.1, 0.15) is 56.1 Å². The van der Waals surface area contributed by atoms with Gasteiger partial charge in [0, 0.05) is 11.6 Å². The minimum Gasteiger partial charge on any atom is -0.462 e. The lowest BCUT2D eigenvalue weighted by Gasteiger charge is -2.18. The zero-order valence-electron chi connectivity index (χ0n) is 15.0. The maximum Gasteiger partial charge on any atom is 0.403 e. The van der Waals surface area contributed by atoms with E-state index in [0.29, 0.717) is 25.4 Å². The van der Waals surface area contributed by atoms with E-state index in [9.17, 15) is 9.59 Å². The van der Waals surface area contributed by atoms with Gasteiger partial charge in [0.15, 0.2) is 5.79 Å². The number of ether oxygens (including phenoxy) is 4. The molecule has 0 aromatic heterocycles. The highest BCUT2D eigenvalue weighted by Gasteiger charge is 2.35. The minimum absolute atomic E-state index is 0.222. The van der Waals surface area contributed by atoms with E-state index >= 15 is 0 Å². The van der Waals surface area contributed by atoms with Gasteiger partial charge < -0.3 is 18.9 Å². The topological polar surface area (TPSA) is 71.1 Å². The molecule has 0 aliphatic carbocycles. The van der Waals surface area contributed by atoms with Crippen molar-refractivity contribution in [3.63, 3.8) is 0 Å². The first-order valence-electron chi connectivity index (χ1n) is 8.20. The van der Waals surface area contributed by atoms with Crippen LogP contribution >= 0.6 is 11.6 Å². The molecule has 0 spiro atoms. The van der Waals surface area contributed by atoms with E-state index in [2.05, 4.69) is 4.74 Å². The Balaban J connectivity index is 0.000000381. The summed E-state index contributed by atoms with van der Waals surface area (Å²) in [4.78, 5) is 21.6. The van der Waals surface area contributed by atoms with Crippen LogP contribution in [0.5, 0.6) is 0 Å². The smallest absolute Gasteiger partial charge is 0.403 e. The van der Waals surface area contributed by atoms with Gasteiger partial charge >= 0.3 is 11.4 Å². The van der Waals surface area contributed by atoms with Gasteiger partial charge in [-0.1, -0.05) is 25.1 Å². The van der Waals surface area contributed by atoms with Crippen LogP contribution in [0.15, 0.2) is 24.3 Å². The second kappa shape index (κ2) is 10.4. The highest BCUT2D eigenvalue weighted by Crippen LogP contribution is 2.34. The van der Waals surface area contributed by atoms with Crippen molar-refractivity contribution in [1.29, 1.82) is 0 Å². The lowest BCUT2D eigenvalue weighted by atomic mass is 10.0. The molecule has 1 aromatic rings. The molecule has 0 N–H and O–H groups in total. The number of carbonyl (C=O) groups excluding carboxylic acids is 2. The summed E-state index contributed by atoms with van der Waals surface area (Å²) >= 11 is 4.80. The largest absolute Gasteiger partial charge is 0.462 e. The molecule has 140 valence electrons. The van der Waals surface area contributed by atoms with Crippen molar-refractivity contribution in [3.05, 3.63) is 35.4 Å². The van der Waals surface area contributed by atoms with Gasteiger partial charge in [0.2, 0.25) is 0 Å². The molecule has 7 heteroatoms. The van der Waals surface area contributed by atoms with E-state index < -0.39 is 11.2 Å². The first-order chi connectivity index (χ1) is 11.8. The first-order valence-corrected chi connectivity index (χ1v) is 8.58. The number of rotatable bonds is 5. The lowest BCUT2D eigenvalue weighted by Crippen LogP contribution is -2.20. The average molecular weight is 373 g/mol. The van der Waals surface area contributed by atoms with Gasteiger partial charge in [-0.15, -0.1) is 0 Å². The molecule has 1 unspecified atom stereocenters. The molecule has 1 atom stereocenters. The molecular weight excluding hydrogens is 348 g/mol. The fourth-order valence-electron chi connectivity index (χ4n) is 2.20. The van der Waals surface area contributed by atoms with Crippen LogP contribution in [0.4, 0.5) is 4.79 Å². The Morgan fingerprint density at radius 3 is 2.40 bits per heavy atom. The van der Waals surface area contributed by atoms with Crippen molar-refractivity contribution in [2.75, 3.05) is 19.8 Å². The van der Waals surface area contributed by atoms with E-state index in [1.165, 1.54) is 0 Å². The second-order valence-corrected chi connectivity index (χ2v) is 6.02. The Bertz CT molecular complexity index is 572. The minimum atomic E-state index is -0.721. The predicted octanol–water partition coefficient (Wildman–Crippen LogP) is 4.46. The van der Waals surface area contributed by atoms with Crippen LogP contribution in [0.3, 0.4) is 0 Å². The molecule has 1 heterocycles. The Hall–Kier alpha value is -1.63. The number of esters is 1. The van der Waals surface area contributed by atoms with Crippen LogP contribution in [-0.2, 0) is 18.9 Å². The molecule has 6 nitrogen and oxygen atoms in total. The summed E-state index contributed by atoms with van der Waals surface area (Å²) in [7, 11) is 0. The number of benzene rings is 1. The predicted molar refractivity (Wildman–Crippen MR) is 93.7 cm³/mol. The van der Waals surface area contributed by atoms with Crippen molar-refractivity contribution < 1.29 is 28.5 Å². The van der Waals surface area contributed by atoms with Gasteiger partial charge in [-0.25, -0.2) is 9.59 Å². The summed E-state index contributed by atoms with van der Waals surface area (Å²) in [5, 5.41) is 0. The molecule has 1 fully saturated rings. The monoisotopic (exact) mass is 372 g/mol. The number of carbonyl (C=O) groups is 2. The van der Waals surface area contributed by atoms with Gasteiger partial charge in [-0.05, 0) is 38.8 Å². The van der Waals surface area contributed by atoms with Gasteiger partial charge in [0.1, 0.15) is 6.10 Å². The van der Waals surface area contributed by atoms with Crippen molar-refractivity contribution in [2.24, 2.45) is 0 Å². The summed E-state index contributed by atoms with van der Waals surface area (Å²) in [6.07, 6.45) is 0.596. The normalized spacial score (nSPS) is 18.0. The first kappa shape index (κ1) is 21.4. The highest BCUT2D eigenvalue weighted by molar-refractivity contribution is 6.61. The van der Waals surface area contributed by atoms with Crippen LogP contribution in [0.25, 0.3) is 0 Å². The van der Waals surface area contributed by atoms with Gasteiger partial charge in [-0.2, -0.15) is 0 Å². The third-order valence-corrected chi connectivity index (χ3v) is 3.34. The Morgan fingerprint density at radius 1 is 1.24 bits per heavy atom. The van der Waals surface area contributed by atoms with Crippen LogP contribution in [-0.4, -0.2) is 37.0 Å². The summed E-state index contributed by atoms with van der Waals surface area (Å²) in [5.41, 5.74) is 0.647. The van der Waals surface area contributed by atoms with Crippen molar-refractivity contribution in [3.8, 4) is 0 Å². The maximum absolute atomic E-state index is 11.9. The van der Waals surface area contributed by atoms with Crippen LogP contribution in [0.2, 0.25) is 0 Å². The summed E-state index contributed by atoms with van der Waals surface area (Å²) in [6, 6.07) is 7.33. The fraction of sp³-hybridized carbons (Fsp3) is 0.556.